The van der Waals surface area contributed by atoms with Gasteiger partial charge in [-0.05, 0) is 74.8 Å². The number of benzene rings is 2. The number of piperidine rings is 4. The second-order valence-corrected chi connectivity index (χ2v) is 16.3. The molecular weight excluding hydrogens is 723 g/mol. The Labute approximate surface area is 335 Å². The molecule has 7 rings (SSSR count). The molecule has 0 aliphatic carbocycles. The van der Waals surface area contributed by atoms with Crippen molar-refractivity contribution in [3.63, 3.8) is 0 Å². The standard InChI is InChI=1S/C43H59N9O5/c1-47(41(55)43(57-3)19-26-50(27-20-43)33(29-44)28-34(45)31-8-5-4-6-9-31)32-17-22-49(23-18-32)21-14-30-15-24-51(25-16-30)35-10-7-11-36-39(35)48(2)42(56)52(36)37-12-13-38(53)46-40(37)54/h4-11,28-30,32,37H,12-27,44-45H2,1-3H3,(H,46,53,54)/b33-29+,34-28-. The van der Waals surface area contributed by atoms with Crippen LogP contribution in [0.5, 0.6) is 0 Å². The van der Waals surface area contributed by atoms with E-state index in [1.54, 1.807) is 29.5 Å². The van der Waals surface area contributed by atoms with Crippen LogP contribution in [0.25, 0.3) is 16.7 Å². The summed E-state index contributed by atoms with van der Waals surface area (Å²) in [6.45, 7) is 6.06. The summed E-state index contributed by atoms with van der Waals surface area (Å²) < 4.78 is 9.23. The summed E-state index contributed by atoms with van der Waals surface area (Å²) in [5.41, 5.74) is 16.3. The first-order valence-electron chi connectivity index (χ1n) is 20.6. The van der Waals surface area contributed by atoms with E-state index in [-0.39, 0.29) is 30.0 Å². The lowest BCUT2D eigenvalue weighted by molar-refractivity contribution is -0.162. The highest BCUT2D eigenvalue weighted by atomic mass is 16.5. The molecule has 4 aliphatic heterocycles. The van der Waals surface area contributed by atoms with Crippen LogP contribution in [-0.4, -0.2) is 113 Å². The van der Waals surface area contributed by atoms with E-state index in [0.29, 0.717) is 44.0 Å². The number of amides is 3. The number of fused-ring (bicyclic) bond motifs is 1. The van der Waals surface area contributed by atoms with Crippen molar-refractivity contribution in [3.8, 4) is 0 Å². The molecule has 5 N–H and O–H groups in total. The lowest BCUT2D eigenvalue weighted by Crippen LogP contribution is -2.58. The van der Waals surface area contributed by atoms with Gasteiger partial charge in [0.25, 0.3) is 5.91 Å². The van der Waals surface area contributed by atoms with Gasteiger partial charge in [0.05, 0.1) is 22.4 Å². The minimum atomic E-state index is -0.858. The third-order valence-electron chi connectivity index (χ3n) is 13.1. The van der Waals surface area contributed by atoms with Crippen molar-refractivity contribution in [2.75, 3.05) is 64.9 Å². The number of carbonyl (C=O) groups is 3. The molecule has 14 heteroatoms. The van der Waals surface area contributed by atoms with Crippen LogP contribution in [0.1, 0.15) is 69.4 Å². The third-order valence-corrected chi connectivity index (χ3v) is 13.1. The number of aryl methyl sites for hydroxylation is 1. The average Bonchev–Trinajstić information content (AvgIpc) is 3.50. The summed E-state index contributed by atoms with van der Waals surface area (Å²) >= 11 is 0. The fraction of sp³-hybridized carbons (Fsp3) is 0.535. The summed E-state index contributed by atoms with van der Waals surface area (Å²) in [7, 11) is 5.37. The molecule has 0 bridgehead atoms. The Morgan fingerprint density at radius 2 is 1.65 bits per heavy atom. The molecule has 3 aromatic rings. The molecule has 3 amide bonds. The van der Waals surface area contributed by atoms with E-state index in [1.165, 1.54) is 0 Å². The molecule has 0 radical (unpaired) electrons. The first kappa shape index (κ1) is 40.1. The molecule has 2 aromatic carbocycles. The van der Waals surface area contributed by atoms with Crippen molar-refractivity contribution in [2.24, 2.45) is 24.4 Å². The van der Waals surface area contributed by atoms with Crippen LogP contribution in [0.2, 0.25) is 0 Å². The fourth-order valence-corrected chi connectivity index (χ4v) is 9.50. The zero-order valence-corrected chi connectivity index (χ0v) is 33.7. The number of carbonyl (C=O) groups excluding carboxylic acids is 3. The van der Waals surface area contributed by atoms with Crippen LogP contribution in [-0.2, 0) is 26.2 Å². The highest BCUT2D eigenvalue weighted by molar-refractivity contribution is 6.00. The zero-order chi connectivity index (χ0) is 40.3. The molecule has 0 saturated carbocycles. The Bertz CT molecular complexity index is 2050. The van der Waals surface area contributed by atoms with Crippen LogP contribution in [0.4, 0.5) is 5.69 Å². The van der Waals surface area contributed by atoms with Crippen LogP contribution in [0, 0.1) is 5.92 Å². The molecule has 5 heterocycles. The number of hydrogen-bond acceptors (Lipinski definition) is 10. The first-order valence-corrected chi connectivity index (χ1v) is 20.6. The number of methoxy groups -OCH3 is 1. The summed E-state index contributed by atoms with van der Waals surface area (Å²) in [6, 6.07) is 15.2. The summed E-state index contributed by atoms with van der Waals surface area (Å²) in [6.07, 6.45) is 10.3. The van der Waals surface area contributed by atoms with Crippen molar-refractivity contribution in [1.82, 2.24) is 29.2 Å². The van der Waals surface area contributed by atoms with Crippen LogP contribution in [0.3, 0.4) is 0 Å². The number of anilines is 1. The molecule has 4 fully saturated rings. The summed E-state index contributed by atoms with van der Waals surface area (Å²) in [5, 5.41) is 2.40. The van der Waals surface area contributed by atoms with Gasteiger partial charge in [-0.1, -0.05) is 36.4 Å². The predicted octanol–water partition coefficient (Wildman–Crippen LogP) is 3.13. The number of likely N-dealkylation sites (N-methyl/N-ethyl adjacent to an activating group) is 1. The molecule has 1 atom stereocenters. The number of nitrogens with two attached hydrogens (primary N) is 2. The Morgan fingerprint density at radius 1 is 0.947 bits per heavy atom. The third kappa shape index (κ3) is 8.20. The van der Waals surface area contributed by atoms with Crippen LogP contribution < -0.4 is 27.4 Å². The van der Waals surface area contributed by atoms with Crippen molar-refractivity contribution in [2.45, 2.75) is 75.5 Å². The van der Waals surface area contributed by atoms with E-state index in [2.05, 4.69) is 26.1 Å². The number of para-hydroxylation sites is 1. The Morgan fingerprint density at radius 3 is 2.30 bits per heavy atom. The van der Waals surface area contributed by atoms with Crippen molar-refractivity contribution < 1.29 is 19.1 Å². The van der Waals surface area contributed by atoms with Gasteiger partial charge in [-0.2, -0.15) is 0 Å². The van der Waals surface area contributed by atoms with E-state index in [1.807, 2.05) is 60.5 Å². The molecule has 14 nitrogen and oxygen atoms in total. The van der Waals surface area contributed by atoms with Gasteiger partial charge in [-0.3, -0.25) is 28.8 Å². The number of rotatable bonds is 11. The molecule has 57 heavy (non-hydrogen) atoms. The van der Waals surface area contributed by atoms with Gasteiger partial charge in [-0.15, -0.1) is 0 Å². The summed E-state index contributed by atoms with van der Waals surface area (Å²) in [5.74, 6) is -0.0306. The van der Waals surface area contributed by atoms with Gasteiger partial charge >= 0.3 is 5.69 Å². The second kappa shape index (κ2) is 17.2. The molecule has 1 unspecified atom stereocenters. The Kier molecular flexibility index (Phi) is 12.1. The molecule has 4 aliphatic rings. The normalized spacial score (nSPS) is 21.9. The number of imide groups is 1. The number of nitrogens with zero attached hydrogens (tertiary/aromatic N) is 6. The Balaban J connectivity index is 0.876. The number of hydrogen-bond donors (Lipinski definition) is 3. The maximum atomic E-state index is 14.1. The number of aromatic nitrogens is 2. The number of ether oxygens (including phenoxy) is 1. The van der Waals surface area contributed by atoms with E-state index < -0.39 is 17.6 Å². The van der Waals surface area contributed by atoms with Crippen LogP contribution >= 0.6 is 0 Å². The number of allylic oxidation sites excluding steroid dienone is 1. The Hall–Kier alpha value is -5.08. The van der Waals surface area contributed by atoms with Crippen LogP contribution in [0.15, 0.2) is 71.3 Å². The van der Waals surface area contributed by atoms with E-state index >= 15 is 0 Å². The van der Waals surface area contributed by atoms with Gasteiger partial charge in [0.15, 0.2) is 0 Å². The van der Waals surface area contributed by atoms with Crippen molar-refractivity contribution in [1.29, 1.82) is 0 Å². The van der Waals surface area contributed by atoms with E-state index in [4.69, 9.17) is 16.2 Å². The van der Waals surface area contributed by atoms with Crippen molar-refractivity contribution in [3.05, 3.63) is 82.6 Å². The zero-order valence-electron chi connectivity index (χ0n) is 33.7. The highest BCUT2D eigenvalue weighted by Gasteiger charge is 2.45. The minimum Gasteiger partial charge on any atom is -0.403 e. The monoisotopic (exact) mass is 781 g/mol. The van der Waals surface area contributed by atoms with Gasteiger partial charge in [0.2, 0.25) is 11.8 Å². The first-order chi connectivity index (χ1) is 27.5. The molecular formula is C43H59N9O5. The van der Waals surface area contributed by atoms with Gasteiger partial charge in [0, 0.05) is 97.7 Å². The summed E-state index contributed by atoms with van der Waals surface area (Å²) in [4.78, 5) is 61.0. The number of likely N-dealkylation sites (tertiary alicyclic amines) is 2. The van der Waals surface area contributed by atoms with E-state index in [9.17, 15) is 19.2 Å². The molecule has 1 aromatic heterocycles. The molecule has 306 valence electrons. The predicted molar refractivity (Wildman–Crippen MR) is 222 cm³/mol. The topological polar surface area (TPSA) is 164 Å². The van der Waals surface area contributed by atoms with Crippen molar-refractivity contribution >= 4 is 40.1 Å². The quantitative estimate of drug-likeness (QED) is 0.195. The molecule has 0 spiro atoms. The lowest BCUT2D eigenvalue weighted by atomic mass is 9.88. The average molecular weight is 782 g/mol. The minimum absolute atomic E-state index is 0.0655. The molecule has 4 saturated heterocycles. The number of imidazole rings is 1. The SMILES string of the molecule is COC1(C(=O)N(C)C2CCN(CCC3CCN(c4cccc5c4n(C)c(=O)n5C4CCC(=O)NC4=O)CC3)CC2)CCN(C(/C=C(\N)c2ccccc2)=C/N)CC1. The number of nitrogens with one attached hydrogen (secondary N) is 1. The van der Waals surface area contributed by atoms with E-state index in [0.717, 1.165) is 92.8 Å². The highest BCUT2D eigenvalue weighted by Crippen LogP contribution is 2.34. The van der Waals surface area contributed by atoms with Gasteiger partial charge < -0.3 is 35.8 Å². The lowest BCUT2D eigenvalue weighted by Gasteiger charge is -2.45. The second-order valence-electron chi connectivity index (χ2n) is 16.3. The van der Waals surface area contributed by atoms with Gasteiger partial charge in [0.1, 0.15) is 11.6 Å². The fourth-order valence-electron chi connectivity index (χ4n) is 9.50. The van der Waals surface area contributed by atoms with Gasteiger partial charge in [-0.25, -0.2) is 4.79 Å². The smallest absolute Gasteiger partial charge is 0.329 e. The maximum Gasteiger partial charge on any atom is 0.329 e. The largest absolute Gasteiger partial charge is 0.403 e. The maximum absolute atomic E-state index is 14.1.